The van der Waals surface area contributed by atoms with Crippen LogP contribution in [0.4, 0.5) is 5.69 Å². The van der Waals surface area contributed by atoms with Crippen LogP contribution in [0.2, 0.25) is 0 Å². The highest BCUT2D eigenvalue weighted by Gasteiger charge is 2.18. The lowest BCUT2D eigenvalue weighted by atomic mass is 10.1. The van der Waals surface area contributed by atoms with Crippen molar-refractivity contribution in [2.75, 3.05) is 25.1 Å². The largest absolute Gasteiger partial charge is 0.483 e. The molecule has 1 atom stereocenters. The van der Waals surface area contributed by atoms with Crippen molar-refractivity contribution in [3.8, 4) is 5.75 Å². The highest BCUT2D eigenvalue weighted by atomic mass is 16.5. The van der Waals surface area contributed by atoms with E-state index in [0.717, 1.165) is 30.6 Å². The highest BCUT2D eigenvalue weighted by Crippen LogP contribution is 2.19. The molecule has 0 unspecified atom stereocenters. The second-order valence-electron chi connectivity index (χ2n) is 7.00. The predicted octanol–water partition coefficient (Wildman–Crippen LogP) is 3.23. The maximum atomic E-state index is 12.5. The molecule has 2 amide bonds. The standard InChI is InChI=1S/C22H26N2O4/c1-15-9-10-20(16(2)12-15)28-14-21(25)24-19-8-4-3-7-18(19)22(26)23-13-17-6-5-11-27-17/h3-4,7-10,12,17H,5-6,11,13-14H2,1-2H3,(H,23,26)(H,24,25)/t17-/m1/s1. The molecule has 6 heteroatoms. The Labute approximate surface area is 165 Å². The van der Waals surface area contributed by atoms with E-state index in [0.29, 0.717) is 23.5 Å². The summed E-state index contributed by atoms with van der Waals surface area (Å²) in [5.74, 6) is 0.115. The minimum Gasteiger partial charge on any atom is -0.483 e. The summed E-state index contributed by atoms with van der Waals surface area (Å²) in [7, 11) is 0. The van der Waals surface area contributed by atoms with Crippen molar-refractivity contribution in [3.05, 3.63) is 59.2 Å². The molecule has 0 bridgehead atoms. The summed E-state index contributed by atoms with van der Waals surface area (Å²) >= 11 is 0. The van der Waals surface area contributed by atoms with Gasteiger partial charge in [-0.15, -0.1) is 0 Å². The Hall–Kier alpha value is -2.86. The van der Waals surface area contributed by atoms with Crippen LogP contribution in [-0.2, 0) is 9.53 Å². The van der Waals surface area contributed by atoms with Crippen molar-refractivity contribution in [2.24, 2.45) is 0 Å². The first-order chi connectivity index (χ1) is 13.5. The lowest BCUT2D eigenvalue weighted by Crippen LogP contribution is -2.32. The van der Waals surface area contributed by atoms with Crippen LogP contribution >= 0.6 is 0 Å². The van der Waals surface area contributed by atoms with Crippen LogP contribution in [0, 0.1) is 13.8 Å². The molecule has 2 N–H and O–H groups in total. The number of ether oxygens (including phenoxy) is 2. The fraction of sp³-hybridized carbons (Fsp3) is 0.364. The third kappa shape index (κ3) is 5.33. The molecule has 0 aromatic heterocycles. The van der Waals surface area contributed by atoms with Gasteiger partial charge in [0.25, 0.3) is 11.8 Å². The number of nitrogens with one attached hydrogen (secondary N) is 2. The second-order valence-corrected chi connectivity index (χ2v) is 7.00. The summed E-state index contributed by atoms with van der Waals surface area (Å²) < 4.78 is 11.1. The average Bonchev–Trinajstić information content (AvgIpc) is 3.19. The Balaban J connectivity index is 1.57. The number of benzene rings is 2. The molecule has 0 spiro atoms. The van der Waals surface area contributed by atoms with Crippen LogP contribution in [-0.4, -0.2) is 37.7 Å². The van der Waals surface area contributed by atoms with Gasteiger partial charge in [0, 0.05) is 13.2 Å². The van der Waals surface area contributed by atoms with Gasteiger partial charge in [0.1, 0.15) is 5.75 Å². The maximum Gasteiger partial charge on any atom is 0.262 e. The number of carbonyl (C=O) groups excluding carboxylic acids is 2. The zero-order chi connectivity index (χ0) is 19.9. The second kappa shape index (κ2) is 9.37. The molecule has 28 heavy (non-hydrogen) atoms. The summed E-state index contributed by atoms with van der Waals surface area (Å²) in [5, 5.41) is 5.64. The Bertz CT molecular complexity index is 844. The Morgan fingerprint density at radius 1 is 1.18 bits per heavy atom. The van der Waals surface area contributed by atoms with E-state index >= 15 is 0 Å². The van der Waals surface area contributed by atoms with Crippen molar-refractivity contribution >= 4 is 17.5 Å². The van der Waals surface area contributed by atoms with Gasteiger partial charge in [-0.2, -0.15) is 0 Å². The fourth-order valence-corrected chi connectivity index (χ4v) is 3.19. The normalized spacial score (nSPS) is 15.9. The van der Waals surface area contributed by atoms with Crippen LogP contribution < -0.4 is 15.4 Å². The van der Waals surface area contributed by atoms with Gasteiger partial charge in [0.15, 0.2) is 6.61 Å². The van der Waals surface area contributed by atoms with Crippen LogP contribution in [0.15, 0.2) is 42.5 Å². The molecule has 148 valence electrons. The van der Waals surface area contributed by atoms with Gasteiger partial charge in [-0.05, 0) is 50.5 Å². The number of anilines is 1. The summed E-state index contributed by atoms with van der Waals surface area (Å²) in [4.78, 5) is 24.8. The average molecular weight is 382 g/mol. The first kappa shape index (κ1) is 19.9. The fourth-order valence-electron chi connectivity index (χ4n) is 3.19. The zero-order valence-corrected chi connectivity index (χ0v) is 16.3. The van der Waals surface area contributed by atoms with Crippen LogP contribution in [0.1, 0.15) is 34.3 Å². The molecular weight excluding hydrogens is 356 g/mol. The number of rotatable bonds is 7. The Morgan fingerprint density at radius 2 is 2.00 bits per heavy atom. The van der Waals surface area contributed by atoms with Crippen molar-refractivity contribution < 1.29 is 19.1 Å². The quantitative estimate of drug-likeness (QED) is 0.771. The van der Waals surface area contributed by atoms with E-state index in [1.165, 1.54) is 0 Å². The van der Waals surface area contributed by atoms with E-state index in [4.69, 9.17) is 9.47 Å². The molecule has 1 aliphatic rings. The Kier molecular flexibility index (Phi) is 6.66. The highest BCUT2D eigenvalue weighted by molar-refractivity contribution is 6.04. The third-order valence-electron chi connectivity index (χ3n) is 4.65. The van der Waals surface area contributed by atoms with Crippen LogP contribution in [0.3, 0.4) is 0 Å². The lowest BCUT2D eigenvalue weighted by Gasteiger charge is -2.14. The first-order valence-corrected chi connectivity index (χ1v) is 9.51. The summed E-state index contributed by atoms with van der Waals surface area (Å²) in [6.07, 6.45) is 2.04. The molecule has 0 saturated carbocycles. The molecule has 1 fully saturated rings. The van der Waals surface area contributed by atoms with E-state index in [1.54, 1.807) is 24.3 Å². The van der Waals surface area contributed by atoms with Gasteiger partial charge in [0.05, 0.1) is 17.4 Å². The number of hydrogen-bond acceptors (Lipinski definition) is 4. The number of hydrogen-bond donors (Lipinski definition) is 2. The minimum absolute atomic E-state index is 0.0665. The lowest BCUT2D eigenvalue weighted by molar-refractivity contribution is -0.118. The summed E-state index contributed by atoms with van der Waals surface area (Å²) in [6, 6.07) is 12.7. The van der Waals surface area contributed by atoms with Gasteiger partial charge in [-0.1, -0.05) is 29.8 Å². The molecule has 0 radical (unpaired) electrons. The number of para-hydroxylation sites is 1. The zero-order valence-electron chi connectivity index (χ0n) is 16.3. The Morgan fingerprint density at radius 3 is 2.75 bits per heavy atom. The molecule has 1 saturated heterocycles. The molecule has 0 aliphatic carbocycles. The van der Waals surface area contributed by atoms with Crippen molar-refractivity contribution in [1.29, 1.82) is 0 Å². The molecule has 1 aliphatic heterocycles. The topological polar surface area (TPSA) is 76.7 Å². The molecule has 1 heterocycles. The van der Waals surface area contributed by atoms with Crippen molar-refractivity contribution in [3.63, 3.8) is 0 Å². The summed E-state index contributed by atoms with van der Waals surface area (Å²) in [5.41, 5.74) is 2.99. The van der Waals surface area contributed by atoms with Crippen LogP contribution in [0.25, 0.3) is 0 Å². The van der Waals surface area contributed by atoms with Gasteiger partial charge in [-0.25, -0.2) is 0 Å². The minimum atomic E-state index is -0.320. The number of amides is 2. The van der Waals surface area contributed by atoms with Gasteiger partial charge in [0.2, 0.25) is 0 Å². The first-order valence-electron chi connectivity index (χ1n) is 9.51. The van der Waals surface area contributed by atoms with E-state index in [2.05, 4.69) is 10.6 Å². The van der Waals surface area contributed by atoms with E-state index < -0.39 is 0 Å². The molecule has 6 nitrogen and oxygen atoms in total. The third-order valence-corrected chi connectivity index (χ3v) is 4.65. The maximum absolute atomic E-state index is 12.5. The smallest absolute Gasteiger partial charge is 0.262 e. The SMILES string of the molecule is Cc1ccc(OCC(=O)Nc2ccccc2C(=O)NC[C@H]2CCCO2)c(C)c1. The van der Waals surface area contributed by atoms with E-state index in [1.807, 2.05) is 32.0 Å². The molecule has 2 aromatic carbocycles. The molecular formula is C22H26N2O4. The van der Waals surface area contributed by atoms with Crippen molar-refractivity contribution in [2.45, 2.75) is 32.8 Å². The van der Waals surface area contributed by atoms with Gasteiger partial charge >= 0.3 is 0 Å². The monoisotopic (exact) mass is 382 g/mol. The van der Waals surface area contributed by atoms with Crippen molar-refractivity contribution in [1.82, 2.24) is 5.32 Å². The van der Waals surface area contributed by atoms with Crippen LogP contribution in [0.5, 0.6) is 5.75 Å². The summed E-state index contributed by atoms with van der Waals surface area (Å²) in [6.45, 7) is 5.03. The predicted molar refractivity (Wildman–Crippen MR) is 108 cm³/mol. The van der Waals surface area contributed by atoms with E-state index in [-0.39, 0.29) is 24.5 Å². The number of aryl methyl sites for hydroxylation is 2. The van der Waals surface area contributed by atoms with Gasteiger partial charge in [-0.3, -0.25) is 9.59 Å². The van der Waals surface area contributed by atoms with Gasteiger partial charge < -0.3 is 20.1 Å². The molecule has 2 aromatic rings. The van der Waals surface area contributed by atoms with E-state index in [9.17, 15) is 9.59 Å². The number of carbonyl (C=O) groups is 2. The molecule has 3 rings (SSSR count).